The molecule has 0 atom stereocenters. The minimum atomic E-state index is -0.623. The Morgan fingerprint density at radius 2 is 1.87 bits per heavy atom. The maximum absolute atomic E-state index is 11.6. The molecule has 84 valence electrons. The average Bonchev–Trinajstić information content (AvgIpc) is 2.42. The van der Waals surface area contributed by atoms with Crippen molar-refractivity contribution in [1.29, 1.82) is 0 Å². The van der Waals surface area contributed by atoms with Crippen molar-refractivity contribution in [2.75, 3.05) is 13.1 Å². The number of likely N-dealkylation sites (tertiary alicyclic amines) is 1. The van der Waals surface area contributed by atoms with Gasteiger partial charge in [-0.3, -0.25) is 10.1 Å². The first-order chi connectivity index (χ1) is 7.03. The van der Waals surface area contributed by atoms with E-state index in [1.165, 1.54) is 0 Å². The third kappa shape index (κ3) is 1.71. The van der Waals surface area contributed by atoms with Crippen LogP contribution in [-0.2, 0) is 4.79 Å². The lowest BCUT2D eigenvalue weighted by atomic mass is 9.87. The second kappa shape index (κ2) is 3.48. The van der Waals surface area contributed by atoms with Crippen molar-refractivity contribution in [2.24, 2.45) is 0 Å². The number of nitrogens with one attached hydrogen (secondary N) is 2. The number of imide groups is 1. The molecule has 5 heteroatoms. The number of nitrogens with zero attached hydrogens (tertiary/aromatic N) is 1. The quantitative estimate of drug-likeness (QED) is 0.603. The van der Waals surface area contributed by atoms with Gasteiger partial charge in [-0.25, -0.2) is 4.79 Å². The van der Waals surface area contributed by atoms with E-state index in [9.17, 15) is 9.59 Å². The summed E-state index contributed by atoms with van der Waals surface area (Å²) >= 11 is 0. The Morgan fingerprint density at radius 3 is 2.27 bits per heavy atom. The van der Waals surface area contributed by atoms with E-state index in [0.717, 1.165) is 13.1 Å². The molecule has 2 heterocycles. The van der Waals surface area contributed by atoms with E-state index in [4.69, 9.17) is 0 Å². The van der Waals surface area contributed by atoms with Crippen LogP contribution in [0.5, 0.6) is 0 Å². The third-order valence-corrected chi connectivity index (χ3v) is 3.40. The highest BCUT2D eigenvalue weighted by Gasteiger charge is 2.47. The van der Waals surface area contributed by atoms with Gasteiger partial charge >= 0.3 is 6.03 Å². The predicted octanol–water partition coefficient (Wildman–Crippen LogP) is 0.0688. The van der Waals surface area contributed by atoms with E-state index >= 15 is 0 Å². The minimum Gasteiger partial charge on any atom is -0.323 e. The topological polar surface area (TPSA) is 61.4 Å². The molecule has 5 nitrogen and oxygen atoms in total. The molecule has 2 saturated heterocycles. The fraction of sp³-hybridized carbons (Fsp3) is 0.800. The first-order valence-electron chi connectivity index (χ1n) is 5.41. The summed E-state index contributed by atoms with van der Waals surface area (Å²) < 4.78 is 0. The molecule has 0 aliphatic carbocycles. The normalized spacial score (nSPS) is 25.8. The van der Waals surface area contributed by atoms with Gasteiger partial charge in [0, 0.05) is 19.1 Å². The van der Waals surface area contributed by atoms with Gasteiger partial charge in [0.25, 0.3) is 5.91 Å². The zero-order chi connectivity index (χ0) is 11.1. The van der Waals surface area contributed by atoms with Crippen LogP contribution in [0.2, 0.25) is 0 Å². The highest BCUT2D eigenvalue weighted by molar-refractivity contribution is 6.07. The van der Waals surface area contributed by atoms with Crippen LogP contribution in [0.1, 0.15) is 26.7 Å². The van der Waals surface area contributed by atoms with E-state index < -0.39 is 5.54 Å². The molecule has 2 fully saturated rings. The lowest BCUT2D eigenvalue weighted by Gasteiger charge is -2.38. The molecule has 2 aliphatic rings. The van der Waals surface area contributed by atoms with Crippen LogP contribution < -0.4 is 10.6 Å². The van der Waals surface area contributed by atoms with Crippen molar-refractivity contribution in [2.45, 2.75) is 38.3 Å². The standard InChI is InChI=1S/C10H17N3O2/c1-7(2)13-5-3-10(4-6-13)8(14)11-9(15)12-10/h7H,3-6H2,1-2H3,(H2,11,12,14,15). The lowest BCUT2D eigenvalue weighted by molar-refractivity contribution is -0.125. The molecule has 15 heavy (non-hydrogen) atoms. The van der Waals surface area contributed by atoms with Crippen LogP contribution in [-0.4, -0.2) is 41.5 Å². The van der Waals surface area contributed by atoms with Crippen molar-refractivity contribution < 1.29 is 9.59 Å². The molecule has 2 rings (SSSR count). The molecule has 0 radical (unpaired) electrons. The first-order valence-corrected chi connectivity index (χ1v) is 5.41. The molecule has 0 aromatic heterocycles. The number of hydrogen-bond donors (Lipinski definition) is 2. The molecule has 2 N–H and O–H groups in total. The van der Waals surface area contributed by atoms with Crippen LogP contribution >= 0.6 is 0 Å². The second-order valence-electron chi connectivity index (χ2n) is 4.62. The van der Waals surface area contributed by atoms with Gasteiger partial charge in [0.15, 0.2) is 0 Å². The summed E-state index contributed by atoms with van der Waals surface area (Å²) in [7, 11) is 0. The summed E-state index contributed by atoms with van der Waals surface area (Å²) in [5.41, 5.74) is -0.623. The molecule has 0 saturated carbocycles. The molecule has 0 unspecified atom stereocenters. The van der Waals surface area contributed by atoms with Gasteiger partial charge in [-0.05, 0) is 26.7 Å². The Labute approximate surface area is 89.2 Å². The molecule has 0 bridgehead atoms. The van der Waals surface area contributed by atoms with Gasteiger partial charge in [0.2, 0.25) is 0 Å². The van der Waals surface area contributed by atoms with Gasteiger partial charge in [-0.2, -0.15) is 0 Å². The van der Waals surface area contributed by atoms with Crippen molar-refractivity contribution in [3.8, 4) is 0 Å². The number of hydrogen-bond acceptors (Lipinski definition) is 3. The van der Waals surface area contributed by atoms with Gasteiger partial charge in [-0.15, -0.1) is 0 Å². The van der Waals surface area contributed by atoms with E-state index in [1.54, 1.807) is 0 Å². The van der Waals surface area contributed by atoms with Crippen molar-refractivity contribution in [3.05, 3.63) is 0 Å². The van der Waals surface area contributed by atoms with Crippen LogP contribution in [0.4, 0.5) is 4.79 Å². The third-order valence-electron chi connectivity index (χ3n) is 3.40. The Morgan fingerprint density at radius 1 is 1.27 bits per heavy atom. The largest absolute Gasteiger partial charge is 0.323 e. The molecule has 3 amide bonds. The van der Waals surface area contributed by atoms with Crippen molar-refractivity contribution in [3.63, 3.8) is 0 Å². The van der Waals surface area contributed by atoms with E-state index in [1.807, 2.05) is 0 Å². The fourth-order valence-corrected chi connectivity index (χ4v) is 2.30. The highest BCUT2D eigenvalue weighted by atomic mass is 16.2. The van der Waals surface area contributed by atoms with Gasteiger partial charge in [0.1, 0.15) is 5.54 Å². The van der Waals surface area contributed by atoms with Gasteiger partial charge in [0.05, 0.1) is 0 Å². The van der Waals surface area contributed by atoms with Gasteiger partial charge < -0.3 is 10.2 Å². The molecule has 0 aromatic rings. The summed E-state index contributed by atoms with van der Waals surface area (Å²) in [4.78, 5) is 25.0. The van der Waals surface area contributed by atoms with E-state index in [0.29, 0.717) is 18.9 Å². The summed E-state index contributed by atoms with van der Waals surface area (Å²) in [6, 6.07) is 0.153. The maximum atomic E-state index is 11.6. The summed E-state index contributed by atoms with van der Waals surface area (Å²) in [5, 5.41) is 5.07. The summed E-state index contributed by atoms with van der Waals surface area (Å²) in [5.74, 6) is -0.157. The monoisotopic (exact) mass is 211 g/mol. The number of piperidine rings is 1. The van der Waals surface area contributed by atoms with Crippen LogP contribution in [0.3, 0.4) is 0 Å². The summed E-state index contributed by atoms with van der Waals surface area (Å²) in [6.45, 7) is 6.02. The molecule has 1 spiro atoms. The average molecular weight is 211 g/mol. The number of amides is 3. The first kappa shape index (κ1) is 10.4. The number of rotatable bonds is 1. The number of urea groups is 1. The zero-order valence-electron chi connectivity index (χ0n) is 9.17. The SMILES string of the molecule is CC(C)N1CCC2(CC1)NC(=O)NC2=O. The van der Waals surface area contributed by atoms with E-state index in [2.05, 4.69) is 29.4 Å². The Balaban J connectivity index is 2.03. The van der Waals surface area contributed by atoms with E-state index in [-0.39, 0.29) is 11.9 Å². The van der Waals surface area contributed by atoms with Crippen LogP contribution in [0, 0.1) is 0 Å². The van der Waals surface area contributed by atoms with Crippen LogP contribution in [0.25, 0.3) is 0 Å². The Bertz CT molecular complexity index is 293. The number of carbonyl (C=O) groups is 2. The lowest BCUT2D eigenvalue weighted by Crippen LogP contribution is -2.55. The molecule has 0 aromatic carbocycles. The smallest absolute Gasteiger partial charge is 0.322 e. The minimum absolute atomic E-state index is 0.157. The molecular weight excluding hydrogens is 194 g/mol. The maximum Gasteiger partial charge on any atom is 0.322 e. The van der Waals surface area contributed by atoms with Crippen LogP contribution in [0.15, 0.2) is 0 Å². The van der Waals surface area contributed by atoms with Crippen molar-refractivity contribution in [1.82, 2.24) is 15.5 Å². The fourth-order valence-electron chi connectivity index (χ4n) is 2.30. The second-order valence-corrected chi connectivity index (χ2v) is 4.62. The van der Waals surface area contributed by atoms with Gasteiger partial charge in [-0.1, -0.05) is 0 Å². The van der Waals surface area contributed by atoms with Crippen molar-refractivity contribution >= 4 is 11.9 Å². The Hall–Kier alpha value is -1.10. The number of carbonyl (C=O) groups excluding carboxylic acids is 2. The highest BCUT2D eigenvalue weighted by Crippen LogP contribution is 2.26. The zero-order valence-corrected chi connectivity index (χ0v) is 9.17. The molecular formula is C10H17N3O2. The predicted molar refractivity (Wildman–Crippen MR) is 55.3 cm³/mol. The Kier molecular flexibility index (Phi) is 2.42. The summed E-state index contributed by atoms with van der Waals surface area (Å²) in [6.07, 6.45) is 1.42. The molecule has 2 aliphatic heterocycles.